The SMILES string of the molecule is CC(NC(=O)c1ccc(CSc2ccc(-c3ccc(-c4ccccc4)cc3)nn2)o1)c1ccccc1. The molecule has 36 heavy (non-hydrogen) atoms. The summed E-state index contributed by atoms with van der Waals surface area (Å²) in [5.41, 5.74) is 5.24. The molecule has 0 saturated carbocycles. The van der Waals surface area contributed by atoms with Crippen LogP contribution in [0.15, 0.2) is 119 Å². The Hall–Kier alpha value is -4.16. The molecule has 0 aliphatic carbocycles. The van der Waals surface area contributed by atoms with Crippen molar-refractivity contribution in [1.29, 1.82) is 0 Å². The van der Waals surface area contributed by atoms with Gasteiger partial charge in [-0.15, -0.1) is 10.2 Å². The van der Waals surface area contributed by atoms with Gasteiger partial charge in [0.2, 0.25) is 0 Å². The quantitative estimate of drug-likeness (QED) is 0.233. The fraction of sp³-hybridized carbons (Fsp3) is 0.100. The third-order valence-corrected chi connectivity index (χ3v) is 6.77. The number of amides is 1. The Morgan fingerprint density at radius 2 is 1.44 bits per heavy atom. The van der Waals surface area contributed by atoms with Crippen LogP contribution in [0.2, 0.25) is 0 Å². The predicted octanol–water partition coefficient (Wildman–Crippen LogP) is 7.19. The van der Waals surface area contributed by atoms with Crippen LogP contribution in [0.4, 0.5) is 0 Å². The van der Waals surface area contributed by atoms with E-state index in [1.54, 1.807) is 6.07 Å². The van der Waals surface area contributed by atoms with Gasteiger partial charge in [-0.1, -0.05) is 96.7 Å². The summed E-state index contributed by atoms with van der Waals surface area (Å²) in [7, 11) is 0. The van der Waals surface area contributed by atoms with Crippen molar-refractivity contribution in [3.63, 3.8) is 0 Å². The highest BCUT2D eigenvalue weighted by atomic mass is 32.2. The normalized spacial score (nSPS) is 11.7. The largest absolute Gasteiger partial charge is 0.455 e. The van der Waals surface area contributed by atoms with Gasteiger partial charge in [-0.25, -0.2) is 0 Å². The smallest absolute Gasteiger partial charge is 0.287 e. The third kappa shape index (κ3) is 5.73. The standard InChI is InChI=1S/C30H25N3O2S/c1-21(22-8-4-2-5-9-22)31-30(34)28-18-16-26(35-28)20-36-29-19-17-27(32-33-29)25-14-12-24(13-15-25)23-10-6-3-7-11-23/h2-19,21H,20H2,1H3,(H,31,34). The predicted molar refractivity (Wildman–Crippen MR) is 143 cm³/mol. The molecule has 5 rings (SSSR count). The average Bonchev–Trinajstić information content (AvgIpc) is 3.43. The molecular weight excluding hydrogens is 466 g/mol. The number of hydrogen-bond donors (Lipinski definition) is 1. The molecule has 0 fully saturated rings. The van der Waals surface area contributed by atoms with E-state index < -0.39 is 0 Å². The zero-order valence-corrected chi connectivity index (χ0v) is 20.6. The van der Waals surface area contributed by atoms with Crippen molar-refractivity contribution in [1.82, 2.24) is 15.5 Å². The minimum atomic E-state index is -0.231. The van der Waals surface area contributed by atoms with Crippen molar-refractivity contribution in [2.75, 3.05) is 0 Å². The molecule has 0 saturated heterocycles. The Morgan fingerprint density at radius 3 is 2.14 bits per heavy atom. The second-order valence-corrected chi connectivity index (χ2v) is 9.36. The first-order chi connectivity index (χ1) is 17.7. The van der Waals surface area contributed by atoms with Crippen LogP contribution >= 0.6 is 11.8 Å². The molecule has 2 aromatic heterocycles. The minimum Gasteiger partial charge on any atom is -0.455 e. The molecule has 0 spiro atoms. The van der Waals surface area contributed by atoms with Gasteiger partial charge in [0.15, 0.2) is 5.76 Å². The number of carbonyl (C=O) groups is 1. The first-order valence-electron chi connectivity index (χ1n) is 11.7. The highest BCUT2D eigenvalue weighted by Crippen LogP contribution is 2.26. The molecule has 0 radical (unpaired) electrons. The van der Waals surface area contributed by atoms with E-state index in [1.165, 1.54) is 22.9 Å². The van der Waals surface area contributed by atoms with Crippen LogP contribution in [-0.2, 0) is 5.75 Å². The fourth-order valence-electron chi connectivity index (χ4n) is 3.83. The highest BCUT2D eigenvalue weighted by molar-refractivity contribution is 7.98. The molecule has 0 bridgehead atoms. The summed E-state index contributed by atoms with van der Waals surface area (Å²) >= 11 is 1.51. The van der Waals surface area contributed by atoms with E-state index in [9.17, 15) is 4.79 Å². The Labute approximate surface area is 214 Å². The molecule has 1 atom stereocenters. The maximum absolute atomic E-state index is 12.6. The van der Waals surface area contributed by atoms with Crippen LogP contribution < -0.4 is 5.32 Å². The lowest BCUT2D eigenvalue weighted by molar-refractivity contribution is 0.0910. The molecule has 0 aliphatic heterocycles. The van der Waals surface area contributed by atoms with Crippen LogP contribution in [0.1, 0.15) is 34.8 Å². The van der Waals surface area contributed by atoms with E-state index >= 15 is 0 Å². The lowest BCUT2D eigenvalue weighted by Crippen LogP contribution is -2.26. The van der Waals surface area contributed by atoms with E-state index in [0.717, 1.165) is 21.8 Å². The molecular formula is C30H25N3O2S. The summed E-state index contributed by atoms with van der Waals surface area (Å²) in [4.78, 5) is 12.6. The molecule has 6 heteroatoms. The van der Waals surface area contributed by atoms with Gasteiger partial charge < -0.3 is 9.73 Å². The molecule has 178 valence electrons. The second-order valence-electron chi connectivity index (χ2n) is 8.36. The van der Waals surface area contributed by atoms with E-state index in [2.05, 4.69) is 51.9 Å². The summed E-state index contributed by atoms with van der Waals surface area (Å²) in [5.74, 6) is 1.33. The first kappa shape index (κ1) is 23.6. The second kappa shape index (κ2) is 11.1. The molecule has 1 N–H and O–H groups in total. The molecule has 5 nitrogen and oxygen atoms in total. The van der Waals surface area contributed by atoms with Gasteiger partial charge >= 0.3 is 0 Å². The van der Waals surface area contributed by atoms with Crippen LogP contribution in [0.3, 0.4) is 0 Å². The minimum absolute atomic E-state index is 0.107. The van der Waals surface area contributed by atoms with E-state index in [0.29, 0.717) is 17.3 Å². The Balaban J connectivity index is 1.16. The summed E-state index contributed by atoms with van der Waals surface area (Å²) < 4.78 is 5.76. The monoisotopic (exact) mass is 491 g/mol. The Morgan fingerprint density at radius 1 is 0.778 bits per heavy atom. The first-order valence-corrected chi connectivity index (χ1v) is 12.7. The molecule has 1 unspecified atom stereocenters. The van der Waals surface area contributed by atoms with Crippen LogP contribution in [-0.4, -0.2) is 16.1 Å². The maximum Gasteiger partial charge on any atom is 0.287 e. The van der Waals surface area contributed by atoms with Crippen molar-refractivity contribution in [3.8, 4) is 22.4 Å². The third-order valence-electron chi connectivity index (χ3n) is 5.82. The fourth-order valence-corrected chi connectivity index (χ4v) is 4.54. The van der Waals surface area contributed by atoms with E-state index in [4.69, 9.17) is 4.42 Å². The van der Waals surface area contributed by atoms with E-state index in [-0.39, 0.29) is 11.9 Å². The zero-order chi connectivity index (χ0) is 24.7. The number of nitrogens with zero attached hydrogens (tertiary/aromatic N) is 2. The van der Waals surface area contributed by atoms with Gasteiger partial charge in [0.05, 0.1) is 17.5 Å². The summed E-state index contributed by atoms with van der Waals surface area (Å²) in [6, 6.07) is 35.8. The van der Waals surface area contributed by atoms with Crippen LogP contribution in [0.5, 0.6) is 0 Å². The van der Waals surface area contributed by atoms with Crippen molar-refractivity contribution in [2.45, 2.75) is 23.7 Å². The van der Waals surface area contributed by atoms with Crippen molar-refractivity contribution in [2.24, 2.45) is 0 Å². The maximum atomic E-state index is 12.6. The number of carbonyl (C=O) groups excluding carboxylic acids is 1. The van der Waals surface area contributed by atoms with Gasteiger partial charge in [0, 0.05) is 5.56 Å². The molecule has 5 aromatic rings. The number of rotatable bonds is 8. The number of hydrogen-bond acceptors (Lipinski definition) is 5. The highest BCUT2D eigenvalue weighted by Gasteiger charge is 2.15. The van der Waals surface area contributed by atoms with Crippen LogP contribution in [0.25, 0.3) is 22.4 Å². The average molecular weight is 492 g/mol. The van der Waals surface area contributed by atoms with Gasteiger partial charge in [-0.2, -0.15) is 0 Å². The Kier molecular flexibility index (Phi) is 7.24. The van der Waals surface area contributed by atoms with Crippen molar-refractivity contribution >= 4 is 17.7 Å². The molecule has 3 aromatic carbocycles. The molecule has 0 aliphatic rings. The number of thioether (sulfide) groups is 1. The van der Waals surface area contributed by atoms with Gasteiger partial charge in [0.25, 0.3) is 5.91 Å². The zero-order valence-electron chi connectivity index (χ0n) is 19.8. The Bertz CT molecular complexity index is 1420. The van der Waals surface area contributed by atoms with E-state index in [1.807, 2.05) is 73.7 Å². The van der Waals surface area contributed by atoms with Gasteiger partial charge in [-0.3, -0.25) is 4.79 Å². The van der Waals surface area contributed by atoms with Gasteiger partial charge in [-0.05, 0) is 47.9 Å². The molecule has 1 amide bonds. The van der Waals surface area contributed by atoms with Gasteiger partial charge in [0.1, 0.15) is 10.8 Å². The van der Waals surface area contributed by atoms with Crippen LogP contribution in [0, 0.1) is 0 Å². The summed E-state index contributed by atoms with van der Waals surface area (Å²) in [5, 5.41) is 12.5. The number of furan rings is 1. The number of nitrogens with one attached hydrogen (secondary N) is 1. The van der Waals surface area contributed by atoms with Crippen molar-refractivity contribution in [3.05, 3.63) is 126 Å². The topological polar surface area (TPSA) is 68.0 Å². The lowest BCUT2D eigenvalue weighted by Gasteiger charge is -2.13. The van der Waals surface area contributed by atoms with Crippen molar-refractivity contribution < 1.29 is 9.21 Å². The molecule has 2 heterocycles. The summed E-state index contributed by atoms with van der Waals surface area (Å²) in [6.45, 7) is 1.95. The number of benzene rings is 3. The summed E-state index contributed by atoms with van der Waals surface area (Å²) in [6.07, 6.45) is 0. The number of aromatic nitrogens is 2. The lowest BCUT2D eigenvalue weighted by atomic mass is 10.0.